The third kappa shape index (κ3) is 5.39. The van der Waals surface area contributed by atoms with Crippen LogP contribution in [0.2, 0.25) is 0 Å². The van der Waals surface area contributed by atoms with Gasteiger partial charge in [0.15, 0.2) is 0 Å². The van der Waals surface area contributed by atoms with E-state index in [1.54, 1.807) is 0 Å². The zero-order chi connectivity index (χ0) is 23.9. The van der Waals surface area contributed by atoms with E-state index >= 15 is 0 Å². The molecule has 4 rings (SSSR count). The molecule has 0 aliphatic heterocycles. The molecule has 34 heavy (non-hydrogen) atoms. The minimum atomic E-state index is 0.411. The molecule has 0 aromatic heterocycles. The molecule has 2 nitrogen and oxygen atoms in total. The van der Waals surface area contributed by atoms with Crippen molar-refractivity contribution in [3.63, 3.8) is 0 Å². The largest absolute Gasteiger partial charge is 0.192 e. The molecule has 2 fully saturated rings. The fourth-order valence-electron chi connectivity index (χ4n) is 6.73. The van der Waals surface area contributed by atoms with E-state index in [1.807, 2.05) is 0 Å². The van der Waals surface area contributed by atoms with Crippen LogP contribution >= 0.6 is 0 Å². The van der Waals surface area contributed by atoms with Crippen LogP contribution in [0.3, 0.4) is 0 Å². The van der Waals surface area contributed by atoms with Crippen molar-refractivity contribution in [1.82, 2.24) is 0 Å². The zero-order valence-electron chi connectivity index (χ0n) is 21.2. The van der Waals surface area contributed by atoms with Crippen LogP contribution in [0.25, 0.3) is 11.1 Å². The SMILES string of the molecule is CCC[C@H]1CC[C@H](c2ccc(-c3ccc([C@H]4CC[C@H](CCC)CC4)c(C#N)c3C#N)cc2)CC1. The highest BCUT2D eigenvalue weighted by molar-refractivity contribution is 5.75. The Bertz CT molecular complexity index is 1020. The summed E-state index contributed by atoms with van der Waals surface area (Å²) in [5, 5.41) is 20.1. The van der Waals surface area contributed by atoms with Crippen molar-refractivity contribution in [2.45, 2.75) is 103 Å². The van der Waals surface area contributed by atoms with Gasteiger partial charge in [-0.15, -0.1) is 0 Å². The normalized spacial score (nSPS) is 24.8. The topological polar surface area (TPSA) is 47.6 Å². The molecule has 0 spiro atoms. The molecule has 2 aliphatic rings. The van der Waals surface area contributed by atoms with Crippen LogP contribution in [0.5, 0.6) is 0 Å². The van der Waals surface area contributed by atoms with Gasteiger partial charge in [0.2, 0.25) is 0 Å². The minimum absolute atomic E-state index is 0.411. The van der Waals surface area contributed by atoms with E-state index < -0.39 is 0 Å². The number of rotatable bonds is 7. The number of nitrogens with zero attached hydrogens (tertiary/aromatic N) is 2. The quantitative estimate of drug-likeness (QED) is 0.420. The maximum absolute atomic E-state index is 10.1. The molecule has 0 radical (unpaired) electrons. The van der Waals surface area contributed by atoms with E-state index in [0.717, 1.165) is 41.4 Å². The van der Waals surface area contributed by atoms with E-state index in [0.29, 0.717) is 23.0 Å². The van der Waals surface area contributed by atoms with Crippen molar-refractivity contribution in [3.05, 3.63) is 58.7 Å². The Hall–Kier alpha value is -2.58. The zero-order valence-corrected chi connectivity index (χ0v) is 21.2. The highest BCUT2D eigenvalue weighted by atomic mass is 14.3. The Morgan fingerprint density at radius 2 is 1.18 bits per heavy atom. The van der Waals surface area contributed by atoms with E-state index in [2.05, 4.69) is 62.4 Å². The second-order valence-corrected chi connectivity index (χ2v) is 10.8. The number of hydrogen-bond donors (Lipinski definition) is 0. The summed E-state index contributed by atoms with van der Waals surface area (Å²) >= 11 is 0. The van der Waals surface area contributed by atoms with Crippen LogP contribution in [-0.2, 0) is 0 Å². The van der Waals surface area contributed by atoms with Gasteiger partial charge in [-0.3, -0.25) is 0 Å². The summed E-state index contributed by atoms with van der Waals surface area (Å²) in [6, 6.07) is 17.9. The first kappa shape index (κ1) is 24.5. The summed E-state index contributed by atoms with van der Waals surface area (Å²) in [7, 11) is 0. The Morgan fingerprint density at radius 1 is 0.647 bits per heavy atom. The van der Waals surface area contributed by atoms with Gasteiger partial charge in [0.05, 0.1) is 11.1 Å². The molecule has 0 unspecified atom stereocenters. The van der Waals surface area contributed by atoms with Gasteiger partial charge in [-0.05, 0) is 91.7 Å². The Morgan fingerprint density at radius 3 is 1.68 bits per heavy atom. The lowest BCUT2D eigenvalue weighted by molar-refractivity contribution is 0.308. The van der Waals surface area contributed by atoms with Crippen molar-refractivity contribution in [2.75, 3.05) is 0 Å². The van der Waals surface area contributed by atoms with E-state index in [9.17, 15) is 10.5 Å². The number of benzene rings is 2. The lowest BCUT2D eigenvalue weighted by atomic mass is 9.75. The fourth-order valence-corrected chi connectivity index (χ4v) is 6.73. The van der Waals surface area contributed by atoms with E-state index in [4.69, 9.17) is 0 Å². The predicted molar refractivity (Wildman–Crippen MR) is 141 cm³/mol. The molecule has 0 atom stereocenters. The van der Waals surface area contributed by atoms with Crippen molar-refractivity contribution < 1.29 is 0 Å². The number of hydrogen-bond acceptors (Lipinski definition) is 2. The summed E-state index contributed by atoms with van der Waals surface area (Å²) < 4.78 is 0. The molecule has 2 heteroatoms. The van der Waals surface area contributed by atoms with Gasteiger partial charge >= 0.3 is 0 Å². The Kier molecular flexibility index (Phi) is 8.45. The third-order valence-corrected chi connectivity index (χ3v) is 8.68. The first-order chi connectivity index (χ1) is 16.7. The summed E-state index contributed by atoms with van der Waals surface area (Å²) in [5.74, 6) is 2.83. The highest BCUT2D eigenvalue weighted by Gasteiger charge is 2.26. The standard InChI is InChI=1S/C32H40N2/c1-3-5-23-7-11-25(12-8-23)26-15-17-28(18-16-26)30-20-19-29(31(21-33)32(30)22-34)27-13-9-24(6-4-2)10-14-27/h15-20,23-25,27H,3-14H2,1-2H3/t23-,24-,25-,27-. The van der Waals surface area contributed by atoms with Crippen molar-refractivity contribution >= 4 is 0 Å². The van der Waals surface area contributed by atoms with Gasteiger partial charge < -0.3 is 0 Å². The predicted octanol–water partition coefficient (Wildman–Crippen LogP) is 9.24. The van der Waals surface area contributed by atoms with Gasteiger partial charge in [0.25, 0.3) is 0 Å². The Labute approximate surface area is 207 Å². The Balaban J connectivity index is 1.52. The summed E-state index contributed by atoms with van der Waals surface area (Å²) in [6.07, 6.45) is 15.3. The summed E-state index contributed by atoms with van der Waals surface area (Å²) in [4.78, 5) is 0. The molecular formula is C32H40N2. The van der Waals surface area contributed by atoms with Crippen LogP contribution in [0.15, 0.2) is 36.4 Å². The fraction of sp³-hybridized carbons (Fsp3) is 0.562. The molecule has 2 aliphatic carbocycles. The molecular weight excluding hydrogens is 412 g/mol. The average molecular weight is 453 g/mol. The van der Waals surface area contributed by atoms with Gasteiger partial charge in [-0.1, -0.05) is 75.9 Å². The monoisotopic (exact) mass is 452 g/mol. The molecule has 0 bridgehead atoms. The molecule has 2 saturated carbocycles. The second-order valence-electron chi connectivity index (χ2n) is 10.8. The first-order valence-electron chi connectivity index (χ1n) is 13.8. The van der Waals surface area contributed by atoms with Crippen LogP contribution < -0.4 is 0 Å². The van der Waals surface area contributed by atoms with Crippen molar-refractivity contribution in [2.24, 2.45) is 11.8 Å². The maximum atomic E-state index is 10.1. The molecule has 0 heterocycles. The molecule has 2 aromatic carbocycles. The van der Waals surface area contributed by atoms with Crippen LogP contribution in [-0.4, -0.2) is 0 Å². The van der Waals surface area contributed by atoms with Crippen LogP contribution in [0.4, 0.5) is 0 Å². The maximum Gasteiger partial charge on any atom is 0.101 e. The lowest BCUT2D eigenvalue weighted by Crippen LogP contribution is -2.14. The van der Waals surface area contributed by atoms with Crippen LogP contribution in [0.1, 0.15) is 125 Å². The van der Waals surface area contributed by atoms with Gasteiger partial charge in [-0.25, -0.2) is 0 Å². The molecule has 178 valence electrons. The first-order valence-corrected chi connectivity index (χ1v) is 13.8. The molecule has 0 amide bonds. The smallest absolute Gasteiger partial charge is 0.101 e. The molecule has 0 N–H and O–H groups in total. The van der Waals surface area contributed by atoms with Gasteiger partial charge in [-0.2, -0.15) is 10.5 Å². The lowest BCUT2D eigenvalue weighted by Gasteiger charge is -2.29. The molecule has 2 aromatic rings. The minimum Gasteiger partial charge on any atom is -0.192 e. The van der Waals surface area contributed by atoms with Crippen molar-refractivity contribution in [1.29, 1.82) is 10.5 Å². The number of nitriles is 2. The van der Waals surface area contributed by atoms with Crippen LogP contribution in [0, 0.1) is 34.5 Å². The van der Waals surface area contributed by atoms with E-state index in [-0.39, 0.29) is 0 Å². The summed E-state index contributed by atoms with van der Waals surface area (Å²) in [6.45, 7) is 4.56. The summed E-state index contributed by atoms with van der Waals surface area (Å²) in [5.41, 5.74) is 5.65. The molecule has 0 saturated heterocycles. The van der Waals surface area contributed by atoms with Gasteiger partial charge in [0.1, 0.15) is 12.1 Å². The van der Waals surface area contributed by atoms with Gasteiger partial charge in [0, 0.05) is 5.56 Å². The highest BCUT2D eigenvalue weighted by Crippen LogP contribution is 2.41. The second kappa shape index (κ2) is 11.7. The third-order valence-electron chi connectivity index (χ3n) is 8.68. The van der Waals surface area contributed by atoms with E-state index in [1.165, 1.54) is 69.8 Å². The van der Waals surface area contributed by atoms with Crippen molar-refractivity contribution in [3.8, 4) is 23.3 Å². The average Bonchev–Trinajstić information content (AvgIpc) is 2.89.